The number of ether oxygens (including phenoxy) is 1. The number of nitrogens with one attached hydrogen (secondary N) is 3. The molecule has 3 aromatic rings. The SMILES string of the molecule is COC(=O)c1cccc(NC(=O)CSc2n[nH]c(-c3ccc(NC(C)=O)cc3)n2)c1. The average Bonchev–Trinajstić information content (AvgIpc) is 3.21. The lowest BCUT2D eigenvalue weighted by Gasteiger charge is -2.06. The van der Waals surface area contributed by atoms with Gasteiger partial charge in [-0.15, -0.1) is 5.10 Å². The summed E-state index contributed by atoms with van der Waals surface area (Å²) < 4.78 is 4.67. The zero-order chi connectivity index (χ0) is 21.5. The summed E-state index contributed by atoms with van der Waals surface area (Å²) in [7, 11) is 1.30. The van der Waals surface area contributed by atoms with Crippen molar-refractivity contribution in [1.82, 2.24) is 15.2 Å². The van der Waals surface area contributed by atoms with Crippen LogP contribution in [0.4, 0.5) is 11.4 Å². The van der Waals surface area contributed by atoms with Crippen LogP contribution in [-0.4, -0.2) is 45.8 Å². The number of anilines is 2. The molecule has 30 heavy (non-hydrogen) atoms. The maximum Gasteiger partial charge on any atom is 0.337 e. The van der Waals surface area contributed by atoms with Gasteiger partial charge >= 0.3 is 5.97 Å². The van der Waals surface area contributed by atoms with Gasteiger partial charge in [0, 0.05) is 23.9 Å². The Balaban J connectivity index is 1.55. The van der Waals surface area contributed by atoms with Crippen LogP contribution in [0, 0.1) is 0 Å². The second-order valence-corrected chi connectivity index (χ2v) is 7.08. The number of hydrogen-bond donors (Lipinski definition) is 3. The highest BCUT2D eigenvalue weighted by molar-refractivity contribution is 7.99. The Morgan fingerprint density at radius 2 is 1.83 bits per heavy atom. The van der Waals surface area contributed by atoms with E-state index in [0.29, 0.717) is 27.9 Å². The van der Waals surface area contributed by atoms with Gasteiger partial charge < -0.3 is 15.4 Å². The first kappa shape index (κ1) is 21.1. The number of esters is 1. The van der Waals surface area contributed by atoms with Crippen LogP contribution in [0.15, 0.2) is 53.7 Å². The standard InChI is InChI=1S/C20H19N5O4S/c1-12(26)21-15-8-6-13(7-9-15)18-23-20(25-24-18)30-11-17(27)22-16-5-3-4-14(10-16)19(28)29-2/h3-10H,11H2,1-2H3,(H,21,26)(H,22,27)(H,23,24,25). The number of amides is 2. The van der Waals surface area contributed by atoms with Crippen molar-refractivity contribution in [2.75, 3.05) is 23.5 Å². The van der Waals surface area contributed by atoms with Gasteiger partial charge in [0.1, 0.15) is 0 Å². The number of aromatic amines is 1. The van der Waals surface area contributed by atoms with Crippen molar-refractivity contribution >= 4 is 40.9 Å². The number of benzene rings is 2. The molecular formula is C20H19N5O4S. The molecule has 154 valence electrons. The molecule has 3 rings (SSSR count). The molecule has 0 aliphatic carbocycles. The highest BCUT2D eigenvalue weighted by Gasteiger charge is 2.11. The van der Waals surface area contributed by atoms with Gasteiger partial charge in [-0.2, -0.15) is 0 Å². The molecule has 2 amide bonds. The summed E-state index contributed by atoms with van der Waals surface area (Å²) in [4.78, 5) is 39.2. The van der Waals surface area contributed by atoms with Crippen LogP contribution in [0.3, 0.4) is 0 Å². The first-order valence-corrected chi connectivity index (χ1v) is 9.84. The van der Waals surface area contributed by atoms with E-state index < -0.39 is 5.97 Å². The lowest BCUT2D eigenvalue weighted by molar-refractivity contribution is -0.114. The molecule has 0 spiro atoms. The van der Waals surface area contributed by atoms with Crippen molar-refractivity contribution in [2.45, 2.75) is 12.1 Å². The van der Waals surface area contributed by atoms with Crippen LogP contribution in [0.2, 0.25) is 0 Å². The number of thioether (sulfide) groups is 1. The molecule has 10 heteroatoms. The number of carbonyl (C=O) groups is 3. The Kier molecular flexibility index (Phi) is 6.81. The smallest absolute Gasteiger partial charge is 0.337 e. The lowest BCUT2D eigenvalue weighted by atomic mass is 10.2. The molecule has 0 aliphatic heterocycles. The van der Waals surface area contributed by atoms with E-state index in [9.17, 15) is 14.4 Å². The van der Waals surface area contributed by atoms with Gasteiger partial charge in [-0.1, -0.05) is 17.8 Å². The number of carbonyl (C=O) groups excluding carboxylic acids is 3. The summed E-state index contributed by atoms with van der Waals surface area (Å²) in [5, 5.41) is 12.8. The first-order chi connectivity index (χ1) is 14.4. The van der Waals surface area contributed by atoms with Crippen molar-refractivity contribution in [3.05, 3.63) is 54.1 Å². The Hall–Kier alpha value is -3.66. The van der Waals surface area contributed by atoms with Gasteiger partial charge in [0.2, 0.25) is 17.0 Å². The molecule has 2 aromatic carbocycles. The fourth-order valence-electron chi connectivity index (χ4n) is 2.52. The van der Waals surface area contributed by atoms with E-state index in [1.54, 1.807) is 48.5 Å². The van der Waals surface area contributed by atoms with Crippen molar-refractivity contribution in [1.29, 1.82) is 0 Å². The third-order valence-electron chi connectivity index (χ3n) is 3.84. The molecule has 9 nitrogen and oxygen atoms in total. The first-order valence-electron chi connectivity index (χ1n) is 8.86. The van der Waals surface area contributed by atoms with Crippen LogP contribution >= 0.6 is 11.8 Å². The fraction of sp³-hybridized carbons (Fsp3) is 0.150. The normalized spacial score (nSPS) is 10.3. The molecule has 1 aromatic heterocycles. The predicted octanol–water partition coefficient (Wildman–Crippen LogP) is 2.95. The number of H-pyrrole nitrogens is 1. The molecule has 0 saturated heterocycles. The summed E-state index contributed by atoms with van der Waals surface area (Å²) in [5.74, 6) is -0.220. The Morgan fingerprint density at radius 1 is 1.07 bits per heavy atom. The van der Waals surface area contributed by atoms with Crippen LogP contribution in [0.5, 0.6) is 0 Å². The van der Waals surface area contributed by atoms with Gasteiger partial charge in [0.15, 0.2) is 5.82 Å². The molecule has 1 heterocycles. The van der Waals surface area contributed by atoms with E-state index in [-0.39, 0.29) is 17.6 Å². The summed E-state index contributed by atoms with van der Waals surface area (Å²) in [6, 6.07) is 13.6. The average molecular weight is 425 g/mol. The van der Waals surface area contributed by atoms with E-state index in [2.05, 4.69) is 30.6 Å². The Bertz CT molecular complexity index is 1070. The Labute approximate surface area is 176 Å². The molecule has 0 bridgehead atoms. The third kappa shape index (κ3) is 5.67. The van der Waals surface area contributed by atoms with E-state index in [4.69, 9.17) is 0 Å². The number of rotatable bonds is 7. The van der Waals surface area contributed by atoms with Crippen LogP contribution in [-0.2, 0) is 14.3 Å². The Morgan fingerprint density at radius 3 is 2.53 bits per heavy atom. The van der Waals surface area contributed by atoms with Crippen molar-refractivity contribution in [3.63, 3.8) is 0 Å². The molecular weight excluding hydrogens is 406 g/mol. The predicted molar refractivity (Wildman–Crippen MR) is 113 cm³/mol. The summed E-state index contributed by atoms with van der Waals surface area (Å²) in [5.41, 5.74) is 2.34. The second-order valence-electron chi connectivity index (χ2n) is 6.13. The molecule has 0 aliphatic rings. The number of nitrogens with zero attached hydrogens (tertiary/aromatic N) is 2. The van der Waals surface area contributed by atoms with Gasteiger partial charge in [-0.05, 0) is 42.5 Å². The number of methoxy groups -OCH3 is 1. The van der Waals surface area contributed by atoms with Gasteiger partial charge in [0.05, 0.1) is 18.4 Å². The highest BCUT2D eigenvalue weighted by Crippen LogP contribution is 2.21. The molecule has 0 unspecified atom stereocenters. The van der Waals surface area contributed by atoms with E-state index in [1.807, 2.05) is 0 Å². The quantitative estimate of drug-likeness (QED) is 0.392. The third-order valence-corrected chi connectivity index (χ3v) is 4.69. The van der Waals surface area contributed by atoms with Gasteiger partial charge in [-0.25, -0.2) is 9.78 Å². The topological polar surface area (TPSA) is 126 Å². The van der Waals surface area contributed by atoms with Crippen molar-refractivity contribution < 1.29 is 19.1 Å². The minimum absolute atomic E-state index is 0.0984. The summed E-state index contributed by atoms with van der Waals surface area (Å²) in [6.07, 6.45) is 0. The summed E-state index contributed by atoms with van der Waals surface area (Å²) >= 11 is 1.18. The fourth-order valence-corrected chi connectivity index (χ4v) is 3.12. The van der Waals surface area contributed by atoms with Crippen LogP contribution < -0.4 is 10.6 Å². The van der Waals surface area contributed by atoms with E-state index in [0.717, 1.165) is 5.56 Å². The zero-order valence-electron chi connectivity index (χ0n) is 16.3. The maximum atomic E-state index is 12.2. The van der Waals surface area contributed by atoms with Crippen LogP contribution in [0.25, 0.3) is 11.4 Å². The van der Waals surface area contributed by atoms with Crippen LogP contribution in [0.1, 0.15) is 17.3 Å². The number of hydrogen-bond acceptors (Lipinski definition) is 7. The van der Waals surface area contributed by atoms with Gasteiger partial charge in [0.25, 0.3) is 0 Å². The molecule has 0 atom stereocenters. The highest BCUT2D eigenvalue weighted by atomic mass is 32.2. The van der Waals surface area contributed by atoms with Gasteiger partial charge in [-0.3, -0.25) is 14.7 Å². The van der Waals surface area contributed by atoms with Crippen molar-refractivity contribution in [3.8, 4) is 11.4 Å². The maximum absolute atomic E-state index is 12.2. The largest absolute Gasteiger partial charge is 0.465 e. The number of aromatic nitrogens is 3. The minimum Gasteiger partial charge on any atom is -0.465 e. The molecule has 0 radical (unpaired) electrons. The molecule has 3 N–H and O–H groups in total. The van der Waals surface area contributed by atoms with E-state index in [1.165, 1.54) is 25.8 Å². The molecule has 0 fully saturated rings. The monoisotopic (exact) mass is 425 g/mol. The summed E-state index contributed by atoms with van der Waals surface area (Å²) in [6.45, 7) is 1.44. The minimum atomic E-state index is -0.473. The second kappa shape index (κ2) is 9.70. The molecule has 0 saturated carbocycles. The lowest BCUT2D eigenvalue weighted by Crippen LogP contribution is -2.14. The zero-order valence-corrected chi connectivity index (χ0v) is 17.1. The van der Waals surface area contributed by atoms with Crippen molar-refractivity contribution in [2.24, 2.45) is 0 Å². The van der Waals surface area contributed by atoms with E-state index >= 15 is 0 Å².